The summed E-state index contributed by atoms with van der Waals surface area (Å²) in [5.74, 6) is -0.604. The van der Waals surface area contributed by atoms with Crippen LogP contribution in [0.3, 0.4) is 0 Å². The van der Waals surface area contributed by atoms with E-state index in [4.69, 9.17) is 11.6 Å². The molecular weight excluding hydrogens is 305 g/mol. The number of rotatable bonds is 2. The quantitative estimate of drug-likeness (QED) is 0.743. The first-order valence-corrected chi connectivity index (χ1v) is 6.27. The molecular formula is C15H10ClF3O2. The predicted octanol–water partition coefficient (Wildman–Crippen LogP) is 4.81. The van der Waals surface area contributed by atoms with Gasteiger partial charge in [-0.25, -0.2) is 4.79 Å². The number of halogens is 4. The van der Waals surface area contributed by atoms with E-state index in [0.29, 0.717) is 11.1 Å². The number of ether oxygens (including phenoxy) is 1. The van der Waals surface area contributed by atoms with Gasteiger partial charge in [0.2, 0.25) is 0 Å². The number of benzene rings is 2. The summed E-state index contributed by atoms with van der Waals surface area (Å²) in [5, 5.41) is 0.262. The van der Waals surface area contributed by atoms with E-state index in [9.17, 15) is 18.0 Å². The minimum absolute atomic E-state index is 0.199. The molecule has 0 fully saturated rings. The second kappa shape index (κ2) is 5.77. The minimum Gasteiger partial charge on any atom is -0.465 e. The van der Waals surface area contributed by atoms with Gasteiger partial charge in [-0.15, -0.1) is 0 Å². The molecule has 6 heteroatoms. The third-order valence-electron chi connectivity index (χ3n) is 2.92. The van der Waals surface area contributed by atoms with Gasteiger partial charge in [0.15, 0.2) is 0 Å². The molecule has 0 aliphatic rings. The van der Waals surface area contributed by atoms with Crippen molar-refractivity contribution in [2.45, 2.75) is 6.18 Å². The van der Waals surface area contributed by atoms with Crippen LogP contribution in [0, 0.1) is 0 Å². The molecule has 0 aromatic heterocycles. The highest BCUT2D eigenvalue weighted by Gasteiger charge is 2.30. The van der Waals surface area contributed by atoms with Crippen LogP contribution in [0.1, 0.15) is 15.9 Å². The van der Waals surface area contributed by atoms with Crippen LogP contribution in [0.25, 0.3) is 11.1 Å². The molecule has 0 N–H and O–H groups in total. The molecule has 2 nitrogen and oxygen atoms in total. The lowest BCUT2D eigenvalue weighted by Gasteiger charge is -2.12. The zero-order valence-corrected chi connectivity index (χ0v) is 11.6. The van der Waals surface area contributed by atoms with Crippen molar-refractivity contribution >= 4 is 17.6 Å². The Morgan fingerprint density at radius 1 is 1.10 bits per heavy atom. The van der Waals surface area contributed by atoms with Crippen molar-refractivity contribution in [3.8, 4) is 11.1 Å². The molecule has 2 rings (SSSR count). The molecule has 0 amide bonds. The number of alkyl halides is 3. The van der Waals surface area contributed by atoms with Crippen LogP contribution in [0.15, 0.2) is 42.5 Å². The van der Waals surface area contributed by atoms with E-state index in [1.807, 2.05) is 0 Å². The van der Waals surface area contributed by atoms with Crippen molar-refractivity contribution in [2.24, 2.45) is 0 Å². The van der Waals surface area contributed by atoms with Gasteiger partial charge in [-0.1, -0.05) is 29.8 Å². The fourth-order valence-corrected chi connectivity index (χ4v) is 2.21. The second-order valence-corrected chi connectivity index (χ2v) is 4.64. The molecule has 0 bridgehead atoms. The minimum atomic E-state index is -4.41. The summed E-state index contributed by atoms with van der Waals surface area (Å²) in [7, 11) is 1.22. The standard InChI is InChI=1S/C15H10ClF3O2/c1-21-14(20)11-3-2-4-12(16)13(11)9-5-7-10(8-6-9)15(17,18)19/h2-8H,1H3. The highest BCUT2D eigenvalue weighted by Crippen LogP contribution is 2.35. The number of carbonyl (C=O) groups excluding carboxylic acids is 1. The van der Waals surface area contributed by atoms with Crippen molar-refractivity contribution in [1.29, 1.82) is 0 Å². The summed E-state index contributed by atoms with van der Waals surface area (Å²) in [6.45, 7) is 0. The maximum atomic E-state index is 12.6. The Balaban J connectivity index is 2.54. The van der Waals surface area contributed by atoms with E-state index in [2.05, 4.69) is 4.74 Å². The lowest BCUT2D eigenvalue weighted by Crippen LogP contribution is -2.05. The van der Waals surface area contributed by atoms with Crippen LogP contribution in [0.4, 0.5) is 13.2 Å². The van der Waals surface area contributed by atoms with Gasteiger partial charge < -0.3 is 4.74 Å². The maximum Gasteiger partial charge on any atom is 0.416 e. The van der Waals surface area contributed by atoms with Crippen LogP contribution >= 0.6 is 11.6 Å². The summed E-state index contributed by atoms with van der Waals surface area (Å²) in [4.78, 5) is 11.7. The molecule has 0 unspecified atom stereocenters. The first kappa shape index (κ1) is 15.4. The lowest BCUT2D eigenvalue weighted by atomic mass is 9.98. The molecule has 0 aliphatic heterocycles. The van der Waals surface area contributed by atoms with Crippen molar-refractivity contribution in [3.05, 3.63) is 58.6 Å². The molecule has 0 heterocycles. The molecule has 0 saturated carbocycles. The predicted molar refractivity (Wildman–Crippen MR) is 73.2 cm³/mol. The monoisotopic (exact) mass is 314 g/mol. The zero-order valence-electron chi connectivity index (χ0n) is 10.9. The van der Waals surface area contributed by atoms with Crippen molar-refractivity contribution in [2.75, 3.05) is 7.11 Å². The number of hydrogen-bond acceptors (Lipinski definition) is 2. The molecule has 2 aromatic carbocycles. The molecule has 21 heavy (non-hydrogen) atoms. The zero-order chi connectivity index (χ0) is 15.6. The van der Waals surface area contributed by atoms with Gasteiger partial charge in [-0.05, 0) is 29.8 Å². The summed E-state index contributed by atoms with van der Waals surface area (Å²) in [5.41, 5.74) is 0.191. The summed E-state index contributed by atoms with van der Waals surface area (Å²) < 4.78 is 42.3. The molecule has 0 aliphatic carbocycles. The molecule has 110 valence electrons. The van der Waals surface area contributed by atoms with Crippen LogP contribution in [0.2, 0.25) is 5.02 Å². The molecule has 0 atom stereocenters. The Hall–Kier alpha value is -2.01. The van der Waals surface area contributed by atoms with Gasteiger partial charge in [0.25, 0.3) is 0 Å². The normalized spacial score (nSPS) is 11.3. The number of carbonyl (C=O) groups is 1. The van der Waals surface area contributed by atoms with Gasteiger partial charge in [0.05, 0.1) is 18.2 Å². The average molecular weight is 315 g/mol. The van der Waals surface area contributed by atoms with E-state index in [1.54, 1.807) is 12.1 Å². The van der Waals surface area contributed by atoms with Crippen molar-refractivity contribution < 1.29 is 22.7 Å². The smallest absolute Gasteiger partial charge is 0.416 e. The highest BCUT2D eigenvalue weighted by molar-refractivity contribution is 6.34. The third kappa shape index (κ3) is 3.19. The molecule has 2 aromatic rings. The first-order valence-electron chi connectivity index (χ1n) is 5.89. The first-order chi connectivity index (χ1) is 9.84. The van der Waals surface area contributed by atoms with E-state index in [1.165, 1.54) is 25.3 Å². The molecule has 0 radical (unpaired) electrons. The summed E-state index contributed by atoms with van der Waals surface area (Å²) >= 11 is 6.06. The number of esters is 1. The average Bonchev–Trinajstić information content (AvgIpc) is 2.45. The fraction of sp³-hybridized carbons (Fsp3) is 0.133. The Labute approximate surface area is 124 Å². The SMILES string of the molecule is COC(=O)c1cccc(Cl)c1-c1ccc(C(F)(F)F)cc1. The van der Waals surface area contributed by atoms with Gasteiger partial charge in [0, 0.05) is 10.6 Å². The van der Waals surface area contributed by atoms with Crippen LogP contribution in [-0.4, -0.2) is 13.1 Å². The topological polar surface area (TPSA) is 26.3 Å². The molecule has 0 saturated heterocycles. The Kier molecular flexibility index (Phi) is 4.23. The van der Waals surface area contributed by atoms with E-state index < -0.39 is 17.7 Å². The van der Waals surface area contributed by atoms with Crippen molar-refractivity contribution in [3.63, 3.8) is 0 Å². The second-order valence-electron chi connectivity index (χ2n) is 4.23. The van der Waals surface area contributed by atoms with Crippen molar-refractivity contribution in [1.82, 2.24) is 0 Å². The fourth-order valence-electron chi connectivity index (χ4n) is 1.92. The Morgan fingerprint density at radius 2 is 1.71 bits per heavy atom. The van der Waals surface area contributed by atoms with Gasteiger partial charge >= 0.3 is 12.1 Å². The lowest BCUT2D eigenvalue weighted by molar-refractivity contribution is -0.137. The molecule has 0 spiro atoms. The van der Waals surface area contributed by atoms with Crippen LogP contribution in [0.5, 0.6) is 0 Å². The third-order valence-corrected chi connectivity index (χ3v) is 3.23. The highest BCUT2D eigenvalue weighted by atomic mass is 35.5. The Morgan fingerprint density at radius 3 is 2.24 bits per heavy atom. The number of hydrogen-bond donors (Lipinski definition) is 0. The summed E-state index contributed by atoms with van der Waals surface area (Å²) in [6, 6.07) is 9.07. The largest absolute Gasteiger partial charge is 0.465 e. The van der Waals surface area contributed by atoms with E-state index in [0.717, 1.165) is 12.1 Å². The van der Waals surface area contributed by atoms with Crippen LogP contribution < -0.4 is 0 Å². The van der Waals surface area contributed by atoms with Gasteiger partial charge in [0.1, 0.15) is 0 Å². The number of methoxy groups -OCH3 is 1. The Bertz CT molecular complexity index is 664. The maximum absolute atomic E-state index is 12.6. The van der Waals surface area contributed by atoms with Gasteiger partial charge in [-0.2, -0.15) is 13.2 Å². The van der Waals surface area contributed by atoms with Crippen LogP contribution in [-0.2, 0) is 10.9 Å². The van der Waals surface area contributed by atoms with E-state index in [-0.39, 0.29) is 10.6 Å². The van der Waals surface area contributed by atoms with E-state index >= 15 is 0 Å². The van der Waals surface area contributed by atoms with Gasteiger partial charge in [-0.3, -0.25) is 0 Å². The summed E-state index contributed by atoms with van der Waals surface area (Å²) in [6.07, 6.45) is -4.41.